The minimum Gasteiger partial charge on any atom is -0.496 e. The van der Waals surface area contributed by atoms with Gasteiger partial charge in [-0.05, 0) is 63.2 Å². The van der Waals surface area contributed by atoms with E-state index < -0.39 is 5.91 Å². The van der Waals surface area contributed by atoms with Gasteiger partial charge < -0.3 is 15.4 Å². The number of methoxy groups -OCH3 is 1. The van der Waals surface area contributed by atoms with Gasteiger partial charge in [0, 0.05) is 36.2 Å². The summed E-state index contributed by atoms with van der Waals surface area (Å²) in [5.41, 5.74) is 1.67. The highest BCUT2D eigenvalue weighted by molar-refractivity contribution is 8.18. The first-order valence-electron chi connectivity index (χ1n) is 10.4. The highest BCUT2D eigenvalue weighted by atomic mass is 32.2. The number of hydrogen-bond donors (Lipinski definition) is 3. The van der Waals surface area contributed by atoms with Crippen molar-refractivity contribution >= 4 is 35.6 Å². The maximum atomic E-state index is 11.8. The maximum absolute atomic E-state index is 11.8. The molecule has 1 aromatic heterocycles. The second kappa shape index (κ2) is 11.6. The number of allylic oxidation sites excluding steroid dienone is 2. The second-order valence-corrected chi connectivity index (χ2v) is 8.42. The van der Waals surface area contributed by atoms with Crippen molar-refractivity contribution in [1.82, 2.24) is 20.9 Å². The molecule has 0 aromatic carbocycles. The fraction of sp³-hybridized carbons (Fsp3) is 0.409. The molecule has 32 heavy (non-hydrogen) atoms. The summed E-state index contributed by atoms with van der Waals surface area (Å²) in [4.78, 5) is 36.3. The number of nitrogens with zero attached hydrogens (tertiary/aromatic N) is 3. The van der Waals surface area contributed by atoms with Crippen LogP contribution >= 0.6 is 11.8 Å². The molecule has 3 N–H and O–H groups in total. The third-order valence-corrected chi connectivity index (χ3v) is 6.12. The van der Waals surface area contributed by atoms with Gasteiger partial charge in [-0.15, -0.1) is 0 Å². The number of aliphatic imine (C=N–C) groups is 2. The van der Waals surface area contributed by atoms with Crippen LogP contribution in [0.15, 0.2) is 51.2 Å². The lowest BCUT2D eigenvalue weighted by atomic mass is 9.91. The molecular formula is C22H28N6O3S. The van der Waals surface area contributed by atoms with Gasteiger partial charge in [0.1, 0.15) is 5.75 Å². The second-order valence-electron chi connectivity index (χ2n) is 7.41. The first kappa shape index (κ1) is 23.7. The average Bonchev–Trinajstić information content (AvgIpc) is 3.13. The number of carbonyl (C=O) groups excluding carboxylic acids is 2. The van der Waals surface area contributed by atoms with Gasteiger partial charge in [0.15, 0.2) is 0 Å². The molecule has 3 rings (SSSR count). The van der Waals surface area contributed by atoms with Crippen molar-refractivity contribution in [3.8, 4) is 5.75 Å². The monoisotopic (exact) mass is 456 g/mol. The summed E-state index contributed by atoms with van der Waals surface area (Å²) in [6.07, 6.45) is 10.8. The van der Waals surface area contributed by atoms with Crippen LogP contribution in [0.3, 0.4) is 0 Å². The summed E-state index contributed by atoms with van der Waals surface area (Å²) in [5, 5.41) is 8.55. The lowest BCUT2D eigenvalue weighted by Crippen LogP contribution is -2.34. The third-order valence-electron chi connectivity index (χ3n) is 5.31. The minimum absolute atomic E-state index is 0.144. The largest absolute Gasteiger partial charge is 0.496 e. The number of pyridine rings is 1. The molecule has 0 unspecified atom stereocenters. The molecule has 1 saturated carbocycles. The molecule has 0 radical (unpaired) electrons. The predicted molar refractivity (Wildman–Crippen MR) is 127 cm³/mol. The van der Waals surface area contributed by atoms with Gasteiger partial charge in [0.05, 0.1) is 18.1 Å². The summed E-state index contributed by atoms with van der Waals surface area (Å²) in [6.45, 7) is 6.15. The first-order chi connectivity index (χ1) is 15.5. The Balaban J connectivity index is 1.52. The average molecular weight is 457 g/mol. The van der Waals surface area contributed by atoms with E-state index in [0.29, 0.717) is 29.1 Å². The Morgan fingerprint density at radius 3 is 2.78 bits per heavy atom. The molecule has 0 spiro atoms. The van der Waals surface area contributed by atoms with Gasteiger partial charge in [-0.2, -0.15) is 0 Å². The number of ether oxygens (including phenoxy) is 1. The normalized spacial score (nSPS) is 23.2. The fourth-order valence-electron chi connectivity index (χ4n) is 3.58. The number of carbonyl (C=O) groups is 2. The zero-order valence-corrected chi connectivity index (χ0v) is 19.1. The van der Waals surface area contributed by atoms with Crippen LogP contribution in [-0.2, 0) is 11.3 Å². The van der Waals surface area contributed by atoms with Crippen molar-refractivity contribution in [3.63, 3.8) is 0 Å². The van der Waals surface area contributed by atoms with E-state index in [1.807, 2.05) is 19.2 Å². The number of nitrogens with one attached hydrogen (secondary N) is 3. The Morgan fingerprint density at radius 2 is 2.16 bits per heavy atom. The highest BCUT2D eigenvalue weighted by Gasteiger charge is 2.25. The number of hydrogen-bond acceptors (Lipinski definition) is 7. The number of thioether (sulfide) groups is 1. The molecule has 1 aliphatic carbocycles. The summed E-state index contributed by atoms with van der Waals surface area (Å²) < 4.78 is 5.38. The van der Waals surface area contributed by atoms with Crippen LogP contribution in [0.1, 0.15) is 38.2 Å². The molecule has 1 aromatic rings. The number of amides is 2. The van der Waals surface area contributed by atoms with Crippen LogP contribution in [0.25, 0.3) is 0 Å². The molecule has 9 nitrogen and oxygen atoms in total. The Kier molecular flexibility index (Phi) is 8.57. The SMILES string of the molecule is C=NC(=NC1CCC(NCc2cnccc2OC)CC1)NC(=C\C)/C=C1\SC(=O)NC1=O. The Hall–Kier alpha value is -2.98. The van der Waals surface area contributed by atoms with E-state index in [2.05, 4.69) is 32.6 Å². The molecule has 2 heterocycles. The van der Waals surface area contributed by atoms with Crippen molar-refractivity contribution in [3.05, 3.63) is 46.8 Å². The van der Waals surface area contributed by atoms with E-state index in [0.717, 1.165) is 48.8 Å². The van der Waals surface area contributed by atoms with Crippen molar-refractivity contribution in [1.29, 1.82) is 0 Å². The summed E-state index contributed by atoms with van der Waals surface area (Å²) >= 11 is 0.869. The van der Waals surface area contributed by atoms with Crippen molar-refractivity contribution < 1.29 is 14.3 Å². The smallest absolute Gasteiger partial charge is 0.290 e. The van der Waals surface area contributed by atoms with Crippen LogP contribution in [0.4, 0.5) is 4.79 Å². The quantitative estimate of drug-likeness (QED) is 0.328. The highest BCUT2D eigenvalue weighted by Crippen LogP contribution is 2.25. The topological polar surface area (TPSA) is 117 Å². The van der Waals surface area contributed by atoms with E-state index in [1.54, 1.807) is 25.5 Å². The fourth-order valence-corrected chi connectivity index (χ4v) is 4.25. The molecule has 2 aliphatic rings. The lowest BCUT2D eigenvalue weighted by Gasteiger charge is -2.27. The Labute approximate surface area is 191 Å². The van der Waals surface area contributed by atoms with Crippen molar-refractivity contribution in [2.75, 3.05) is 7.11 Å². The van der Waals surface area contributed by atoms with E-state index in [1.165, 1.54) is 0 Å². The van der Waals surface area contributed by atoms with Crippen molar-refractivity contribution in [2.24, 2.45) is 9.98 Å². The van der Waals surface area contributed by atoms with Crippen LogP contribution < -0.4 is 20.7 Å². The predicted octanol–water partition coefficient (Wildman–Crippen LogP) is 2.91. The van der Waals surface area contributed by atoms with E-state index in [4.69, 9.17) is 9.73 Å². The van der Waals surface area contributed by atoms with Gasteiger partial charge in [-0.1, -0.05) is 6.08 Å². The van der Waals surface area contributed by atoms with Gasteiger partial charge in [0.2, 0.25) is 5.96 Å². The van der Waals surface area contributed by atoms with Crippen LogP contribution in [-0.4, -0.2) is 48.0 Å². The molecule has 1 saturated heterocycles. The van der Waals surface area contributed by atoms with Crippen LogP contribution in [0.2, 0.25) is 0 Å². The number of guanidine groups is 1. The van der Waals surface area contributed by atoms with Gasteiger partial charge >= 0.3 is 0 Å². The summed E-state index contributed by atoms with van der Waals surface area (Å²) in [6, 6.07) is 2.42. The summed E-state index contributed by atoms with van der Waals surface area (Å²) in [5.74, 6) is 0.841. The molecule has 0 bridgehead atoms. The molecule has 170 valence electrons. The molecule has 1 aliphatic heterocycles. The van der Waals surface area contributed by atoms with Crippen LogP contribution in [0.5, 0.6) is 5.75 Å². The van der Waals surface area contributed by atoms with Crippen LogP contribution in [0, 0.1) is 0 Å². The molecule has 10 heteroatoms. The van der Waals surface area contributed by atoms with E-state index >= 15 is 0 Å². The zero-order valence-electron chi connectivity index (χ0n) is 18.3. The Bertz CT molecular complexity index is 951. The van der Waals surface area contributed by atoms with Gasteiger partial charge in [-0.3, -0.25) is 19.9 Å². The van der Waals surface area contributed by atoms with E-state index in [-0.39, 0.29) is 11.3 Å². The Morgan fingerprint density at radius 1 is 1.38 bits per heavy atom. The molecule has 2 fully saturated rings. The lowest BCUT2D eigenvalue weighted by molar-refractivity contribution is -0.115. The third kappa shape index (κ3) is 6.51. The first-order valence-corrected chi connectivity index (χ1v) is 11.3. The minimum atomic E-state index is -0.402. The standard InChI is InChI=1S/C22H28N6O3S/c1-4-15(11-19-20(29)28-22(30)32-19)26-21(23-2)27-17-7-5-16(6-8-17)25-13-14-12-24-10-9-18(14)31-3/h4,9-12,16-17,25H,2,5-8,13H2,1,3H3,(H,26,27)(H,28,29,30)/b15-4-,19-11-. The summed E-state index contributed by atoms with van der Waals surface area (Å²) in [7, 11) is 1.66. The van der Waals surface area contributed by atoms with Gasteiger partial charge in [-0.25, -0.2) is 9.98 Å². The molecular weight excluding hydrogens is 428 g/mol. The van der Waals surface area contributed by atoms with E-state index in [9.17, 15) is 9.59 Å². The zero-order chi connectivity index (χ0) is 22.9. The number of rotatable bonds is 7. The molecule has 2 amide bonds. The van der Waals surface area contributed by atoms with Crippen molar-refractivity contribution in [2.45, 2.75) is 51.2 Å². The number of imide groups is 1. The number of aromatic nitrogens is 1. The van der Waals surface area contributed by atoms with Gasteiger partial charge in [0.25, 0.3) is 11.1 Å². The maximum Gasteiger partial charge on any atom is 0.290 e. The molecule has 0 atom stereocenters.